The van der Waals surface area contributed by atoms with Crippen LogP contribution in [0.2, 0.25) is 0 Å². The van der Waals surface area contributed by atoms with Gasteiger partial charge < -0.3 is 15.5 Å². The fourth-order valence-electron chi connectivity index (χ4n) is 4.15. The van der Waals surface area contributed by atoms with Gasteiger partial charge in [0, 0.05) is 30.8 Å². The van der Waals surface area contributed by atoms with Gasteiger partial charge in [-0.1, -0.05) is 12.1 Å². The van der Waals surface area contributed by atoms with Crippen LogP contribution in [0.5, 0.6) is 0 Å². The van der Waals surface area contributed by atoms with Crippen molar-refractivity contribution in [3.05, 3.63) is 65.0 Å². The van der Waals surface area contributed by atoms with Crippen molar-refractivity contribution < 1.29 is 14.0 Å². The Hall–Kier alpha value is -2.73. The number of carbonyl (C=O) groups excluding carboxylic acids is 2. The van der Waals surface area contributed by atoms with Crippen LogP contribution in [-0.4, -0.2) is 36.3 Å². The normalized spacial score (nSPS) is 17.3. The average Bonchev–Trinajstić information content (AvgIpc) is 2.74. The Morgan fingerprint density at radius 3 is 2.62 bits per heavy atom. The zero-order chi connectivity index (χ0) is 20.2. The molecule has 4 rings (SSSR count). The van der Waals surface area contributed by atoms with E-state index in [1.165, 1.54) is 17.7 Å². The third kappa shape index (κ3) is 5.01. The van der Waals surface area contributed by atoms with Crippen molar-refractivity contribution in [2.75, 3.05) is 25.0 Å². The Labute approximate surface area is 170 Å². The molecule has 2 aliphatic rings. The number of benzene rings is 2. The van der Waals surface area contributed by atoms with Gasteiger partial charge in [0.1, 0.15) is 5.82 Å². The number of ketones is 1. The van der Waals surface area contributed by atoms with Gasteiger partial charge in [-0.15, -0.1) is 0 Å². The van der Waals surface area contributed by atoms with Gasteiger partial charge in [0.15, 0.2) is 5.78 Å². The molecular weight excluding hydrogens is 369 g/mol. The van der Waals surface area contributed by atoms with E-state index in [-0.39, 0.29) is 17.6 Å². The highest BCUT2D eigenvalue weighted by Crippen LogP contribution is 2.23. The monoisotopic (exact) mass is 395 g/mol. The lowest BCUT2D eigenvalue weighted by Crippen LogP contribution is -2.35. The van der Waals surface area contributed by atoms with E-state index in [0.717, 1.165) is 50.1 Å². The molecule has 29 heavy (non-hydrogen) atoms. The number of anilines is 1. The topological polar surface area (TPSA) is 61.4 Å². The summed E-state index contributed by atoms with van der Waals surface area (Å²) in [5.74, 6) is 0.571. The zero-order valence-electron chi connectivity index (χ0n) is 16.4. The summed E-state index contributed by atoms with van der Waals surface area (Å²) in [6, 6.07) is 12.1. The second-order valence-electron chi connectivity index (χ2n) is 7.97. The highest BCUT2D eigenvalue weighted by molar-refractivity contribution is 5.98. The number of hydrogen-bond acceptors (Lipinski definition) is 3. The molecule has 2 aliphatic heterocycles. The van der Waals surface area contributed by atoms with E-state index >= 15 is 0 Å². The number of halogens is 1. The Balaban J connectivity index is 1.23. The van der Waals surface area contributed by atoms with Crippen molar-refractivity contribution in [3.8, 4) is 0 Å². The van der Waals surface area contributed by atoms with E-state index in [1.807, 2.05) is 24.3 Å². The minimum Gasteiger partial charge on any atom is -0.334 e. The average molecular weight is 395 g/mol. The van der Waals surface area contributed by atoms with E-state index in [0.29, 0.717) is 24.4 Å². The maximum atomic E-state index is 13.0. The molecule has 2 heterocycles. The largest absolute Gasteiger partial charge is 0.334 e. The molecule has 152 valence electrons. The predicted octanol–water partition coefficient (Wildman–Crippen LogP) is 3.99. The number of likely N-dealkylation sites (tertiary alicyclic amines) is 1. The molecule has 0 unspecified atom stereocenters. The number of Topliss-reactive ketones (excluding diaryl/α,β-unsaturated/α-hetero) is 1. The first-order valence-corrected chi connectivity index (χ1v) is 10.2. The molecule has 0 bridgehead atoms. The van der Waals surface area contributed by atoms with Crippen LogP contribution in [-0.2, 0) is 13.0 Å². The SMILES string of the molecule is O=C1NCc2cc(C(=O)CCN3CCC(Cc4ccc(F)cc4)CC3)ccc2N1. The molecule has 2 aromatic rings. The van der Waals surface area contributed by atoms with Crippen LogP contribution < -0.4 is 10.6 Å². The van der Waals surface area contributed by atoms with Crippen molar-refractivity contribution in [1.29, 1.82) is 0 Å². The second kappa shape index (κ2) is 8.74. The lowest BCUT2D eigenvalue weighted by atomic mass is 9.90. The minimum absolute atomic E-state index is 0.137. The maximum absolute atomic E-state index is 13.0. The van der Waals surface area contributed by atoms with E-state index in [9.17, 15) is 14.0 Å². The van der Waals surface area contributed by atoms with Crippen LogP contribution in [0.15, 0.2) is 42.5 Å². The van der Waals surface area contributed by atoms with Gasteiger partial charge in [-0.2, -0.15) is 0 Å². The molecule has 0 aliphatic carbocycles. The lowest BCUT2D eigenvalue weighted by molar-refractivity contribution is 0.0951. The van der Waals surface area contributed by atoms with Crippen molar-refractivity contribution in [2.24, 2.45) is 5.92 Å². The molecule has 1 saturated heterocycles. The first-order chi connectivity index (χ1) is 14.1. The minimum atomic E-state index is -0.209. The fraction of sp³-hybridized carbons (Fsp3) is 0.391. The van der Waals surface area contributed by atoms with Gasteiger partial charge in [-0.25, -0.2) is 9.18 Å². The summed E-state index contributed by atoms with van der Waals surface area (Å²) >= 11 is 0. The molecule has 0 atom stereocenters. The lowest BCUT2D eigenvalue weighted by Gasteiger charge is -2.31. The van der Waals surface area contributed by atoms with Gasteiger partial charge >= 0.3 is 6.03 Å². The number of piperidine rings is 1. The molecule has 0 aromatic heterocycles. The molecule has 0 saturated carbocycles. The smallest absolute Gasteiger partial charge is 0.319 e. The van der Waals surface area contributed by atoms with Crippen LogP contribution in [0.4, 0.5) is 14.9 Å². The number of fused-ring (bicyclic) bond motifs is 1. The molecule has 0 radical (unpaired) electrons. The maximum Gasteiger partial charge on any atom is 0.319 e. The molecular formula is C23H26FN3O2. The number of carbonyl (C=O) groups is 2. The number of amides is 2. The highest BCUT2D eigenvalue weighted by atomic mass is 19.1. The number of urea groups is 1. The van der Waals surface area contributed by atoms with Gasteiger partial charge in [-0.05, 0) is 79.7 Å². The Kier molecular flexibility index (Phi) is 5.90. The molecule has 2 amide bonds. The first kappa shape index (κ1) is 19.6. The van der Waals surface area contributed by atoms with Crippen LogP contribution >= 0.6 is 0 Å². The second-order valence-corrected chi connectivity index (χ2v) is 7.97. The molecule has 6 heteroatoms. The quantitative estimate of drug-likeness (QED) is 0.727. The van der Waals surface area contributed by atoms with Crippen LogP contribution in [0.25, 0.3) is 0 Å². The number of nitrogens with zero attached hydrogens (tertiary/aromatic N) is 1. The number of hydrogen-bond donors (Lipinski definition) is 2. The summed E-state index contributed by atoms with van der Waals surface area (Å²) in [6.07, 6.45) is 3.71. The third-order valence-electron chi connectivity index (χ3n) is 5.91. The highest BCUT2D eigenvalue weighted by Gasteiger charge is 2.21. The van der Waals surface area contributed by atoms with E-state index in [1.54, 1.807) is 6.07 Å². The van der Waals surface area contributed by atoms with E-state index < -0.39 is 0 Å². The Morgan fingerprint density at radius 1 is 1.10 bits per heavy atom. The summed E-state index contributed by atoms with van der Waals surface area (Å²) in [4.78, 5) is 26.3. The van der Waals surface area contributed by atoms with Crippen molar-refractivity contribution in [3.63, 3.8) is 0 Å². The van der Waals surface area contributed by atoms with Crippen molar-refractivity contribution in [1.82, 2.24) is 10.2 Å². The van der Waals surface area contributed by atoms with E-state index in [4.69, 9.17) is 0 Å². The number of rotatable bonds is 6. The van der Waals surface area contributed by atoms with Crippen molar-refractivity contribution in [2.45, 2.75) is 32.2 Å². The van der Waals surface area contributed by atoms with Crippen LogP contribution in [0.1, 0.15) is 40.7 Å². The summed E-state index contributed by atoms with van der Waals surface area (Å²) in [7, 11) is 0. The number of nitrogens with one attached hydrogen (secondary N) is 2. The third-order valence-corrected chi connectivity index (χ3v) is 5.91. The first-order valence-electron chi connectivity index (χ1n) is 10.2. The molecule has 2 N–H and O–H groups in total. The summed E-state index contributed by atoms with van der Waals surface area (Å²) in [5.41, 5.74) is 3.61. The van der Waals surface area contributed by atoms with Gasteiger partial charge in [-0.3, -0.25) is 4.79 Å². The van der Waals surface area contributed by atoms with Crippen LogP contribution in [0.3, 0.4) is 0 Å². The van der Waals surface area contributed by atoms with Crippen LogP contribution in [0, 0.1) is 11.7 Å². The fourth-order valence-corrected chi connectivity index (χ4v) is 4.15. The summed E-state index contributed by atoms with van der Waals surface area (Å²) < 4.78 is 13.0. The zero-order valence-corrected chi connectivity index (χ0v) is 16.4. The van der Waals surface area contributed by atoms with Crippen molar-refractivity contribution >= 4 is 17.5 Å². The standard InChI is InChI=1S/C23H26FN3O2/c24-20-4-1-16(2-5-20)13-17-7-10-27(11-8-17)12-9-22(28)18-3-6-21-19(14-18)15-25-23(29)26-21/h1-6,14,17H,7-13,15H2,(H2,25,26,29). The van der Waals surface area contributed by atoms with Gasteiger partial charge in [0.25, 0.3) is 0 Å². The molecule has 2 aromatic carbocycles. The van der Waals surface area contributed by atoms with Gasteiger partial charge in [0.2, 0.25) is 0 Å². The molecule has 1 fully saturated rings. The predicted molar refractivity (Wildman–Crippen MR) is 111 cm³/mol. The summed E-state index contributed by atoms with van der Waals surface area (Å²) in [5, 5.41) is 5.47. The summed E-state index contributed by atoms with van der Waals surface area (Å²) in [6.45, 7) is 3.22. The van der Waals surface area contributed by atoms with E-state index in [2.05, 4.69) is 15.5 Å². The molecule has 0 spiro atoms. The van der Waals surface area contributed by atoms with Gasteiger partial charge in [0.05, 0.1) is 0 Å². The Bertz CT molecular complexity index is 889. The molecule has 5 nitrogen and oxygen atoms in total. The Morgan fingerprint density at radius 2 is 1.86 bits per heavy atom.